The summed E-state index contributed by atoms with van der Waals surface area (Å²) in [5.41, 5.74) is 0.646. The normalized spacial score (nSPS) is 24.0. The summed E-state index contributed by atoms with van der Waals surface area (Å²) in [6.45, 7) is 5.08. The van der Waals surface area contributed by atoms with Crippen LogP contribution in [0.5, 0.6) is 11.5 Å². The van der Waals surface area contributed by atoms with E-state index in [0.717, 1.165) is 29.7 Å². The molecule has 0 amide bonds. The Hall–Kier alpha value is -2.08. The molecule has 0 radical (unpaired) electrons. The predicted molar refractivity (Wildman–Crippen MR) is 89.5 cm³/mol. The highest BCUT2D eigenvalue weighted by Crippen LogP contribution is 2.40. The van der Waals surface area contributed by atoms with Crippen molar-refractivity contribution in [3.05, 3.63) is 18.5 Å². The van der Waals surface area contributed by atoms with Crippen LogP contribution < -0.4 is 14.4 Å². The number of anilines is 1. The first-order valence-electron chi connectivity index (χ1n) is 7.74. The van der Waals surface area contributed by atoms with Crippen molar-refractivity contribution in [3.63, 3.8) is 0 Å². The standard InChI is InChI=1S/C17H23N3O3/c1-11-17(2,8-9-23-11)20(3)16-12-6-7-13(21-4)15(22-5)14(12)18-10-19-16/h6-7,10-11H,8-9H2,1-5H3. The van der Waals surface area contributed by atoms with Gasteiger partial charge in [0.2, 0.25) is 0 Å². The van der Waals surface area contributed by atoms with Crippen molar-refractivity contribution in [1.29, 1.82) is 0 Å². The lowest BCUT2D eigenvalue weighted by Crippen LogP contribution is -2.49. The summed E-state index contributed by atoms with van der Waals surface area (Å²) in [6.07, 6.45) is 2.67. The topological polar surface area (TPSA) is 56.7 Å². The maximum atomic E-state index is 5.77. The van der Waals surface area contributed by atoms with Crippen molar-refractivity contribution < 1.29 is 14.2 Å². The zero-order valence-corrected chi connectivity index (χ0v) is 14.3. The van der Waals surface area contributed by atoms with Gasteiger partial charge < -0.3 is 19.1 Å². The predicted octanol–water partition coefficient (Wildman–Crippen LogP) is 2.65. The van der Waals surface area contributed by atoms with E-state index in [2.05, 4.69) is 35.8 Å². The number of ether oxygens (including phenoxy) is 3. The van der Waals surface area contributed by atoms with Gasteiger partial charge in [0, 0.05) is 19.0 Å². The minimum atomic E-state index is -0.103. The monoisotopic (exact) mass is 317 g/mol. The number of fused-ring (bicyclic) bond motifs is 1. The van der Waals surface area contributed by atoms with Gasteiger partial charge in [0.15, 0.2) is 11.5 Å². The van der Waals surface area contributed by atoms with Crippen molar-refractivity contribution in [3.8, 4) is 11.5 Å². The Morgan fingerprint density at radius 1 is 1.26 bits per heavy atom. The second-order valence-electron chi connectivity index (χ2n) is 6.07. The molecular weight excluding hydrogens is 294 g/mol. The first kappa shape index (κ1) is 15.8. The molecule has 0 N–H and O–H groups in total. The van der Waals surface area contributed by atoms with Crippen LogP contribution in [-0.4, -0.2) is 49.5 Å². The molecule has 124 valence electrons. The second-order valence-corrected chi connectivity index (χ2v) is 6.07. The molecule has 0 aliphatic carbocycles. The van der Waals surface area contributed by atoms with Crippen molar-refractivity contribution in [2.75, 3.05) is 32.8 Å². The summed E-state index contributed by atoms with van der Waals surface area (Å²) in [5.74, 6) is 2.16. The van der Waals surface area contributed by atoms with Gasteiger partial charge in [-0.3, -0.25) is 0 Å². The Bertz CT molecular complexity index is 722. The largest absolute Gasteiger partial charge is 0.493 e. The number of rotatable bonds is 4. The number of benzene rings is 1. The Balaban J connectivity index is 2.15. The molecule has 0 saturated carbocycles. The lowest BCUT2D eigenvalue weighted by Gasteiger charge is -2.39. The SMILES string of the molecule is COc1ccc2c(N(C)C3(C)CCOC3C)ncnc2c1OC. The summed E-state index contributed by atoms with van der Waals surface area (Å²) < 4.78 is 16.6. The number of nitrogens with zero attached hydrogens (tertiary/aromatic N) is 3. The molecule has 0 bridgehead atoms. The van der Waals surface area contributed by atoms with E-state index in [9.17, 15) is 0 Å². The second kappa shape index (κ2) is 5.85. The molecule has 2 heterocycles. The van der Waals surface area contributed by atoms with Gasteiger partial charge in [0.05, 0.1) is 25.9 Å². The summed E-state index contributed by atoms with van der Waals surface area (Å²) in [7, 11) is 5.30. The first-order valence-corrected chi connectivity index (χ1v) is 7.74. The summed E-state index contributed by atoms with van der Waals surface area (Å²) in [5, 5.41) is 0.938. The zero-order chi connectivity index (χ0) is 16.6. The molecule has 1 aromatic heterocycles. The molecule has 23 heavy (non-hydrogen) atoms. The Morgan fingerprint density at radius 3 is 2.65 bits per heavy atom. The van der Waals surface area contributed by atoms with Crippen LogP contribution in [0, 0.1) is 0 Å². The number of methoxy groups -OCH3 is 2. The molecule has 0 spiro atoms. The van der Waals surface area contributed by atoms with Crippen LogP contribution in [0.15, 0.2) is 18.5 Å². The summed E-state index contributed by atoms with van der Waals surface area (Å²) in [4.78, 5) is 11.1. The van der Waals surface area contributed by atoms with Crippen molar-refractivity contribution >= 4 is 16.7 Å². The van der Waals surface area contributed by atoms with Gasteiger partial charge in [-0.25, -0.2) is 9.97 Å². The van der Waals surface area contributed by atoms with Crippen LogP contribution in [-0.2, 0) is 4.74 Å². The third-order valence-electron chi connectivity index (χ3n) is 5.06. The van der Waals surface area contributed by atoms with E-state index in [1.54, 1.807) is 20.5 Å². The number of hydrogen-bond acceptors (Lipinski definition) is 6. The van der Waals surface area contributed by atoms with E-state index in [1.165, 1.54) is 0 Å². The van der Waals surface area contributed by atoms with Crippen LogP contribution >= 0.6 is 0 Å². The van der Waals surface area contributed by atoms with Gasteiger partial charge in [-0.05, 0) is 32.4 Å². The number of hydrogen-bond donors (Lipinski definition) is 0. The van der Waals surface area contributed by atoms with E-state index in [0.29, 0.717) is 11.5 Å². The van der Waals surface area contributed by atoms with Crippen molar-refractivity contribution in [2.45, 2.75) is 31.9 Å². The van der Waals surface area contributed by atoms with E-state index >= 15 is 0 Å². The fourth-order valence-corrected chi connectivity index (χ4v) is 3.20. The third-order valence-corrected chi connectivity index (χ3v) is 5.06. The number of aromatic nitrogens is 2. The average molecular weight is 317 g/mol. The molecule has 2 unspecified atom stereocenters. The maximum absolute atomic E-state index is 5.77. The Labute approximate surface area is 136 Å². The Kier molecular flexibility index (Phi) is 4.02. The van der Waals surface area contributed by atoms with E-state index < -0.39 is 0 Å². The minimum absolute atomic E-state index is 0.103. The number of likely N-dealkylation sites (N-methyl/N-ethyl adjacent to an activating group) is 1. The summed E-state index contributed by atoms with van der Waals surface area (Å²) >= 11 is 0. The van der Waals surface area contributed by atoms with Crippen molar-refractivity contribution in [2.24, 2.45) is 0 Å². The molecule has 3 rings (SSSR count). The third kappa shape index (κ3) is 2.37. The van der Waals surface area contributed by atoms with Gasteiger partial charge in [-0.15, -0.1) is 0 Å². The smallest absolute Gasteiger partial charge is 0.187 e. The molecule has 1 fully saturated rings. The molecule has 2 atom stereocenters. The first-order chi connectivity index (χ1) is 11.0. The highest BCUT2D eigenvalue weighted by molar-refractivity contribution is 5.95. The van der Waals surface area contributed by atoms with E-state index in [4.69, 9.17) is 14.2 Å². The summed E-state index contributed by atoms with van der Waals surface area (Å²) in [6, 6.07) is 3.87. The zero-order valence-electron chi connectivity index (χ0n) is 14.3. The molecule has 2 aromatic rings. The molecule has 1 aliphatic heterocycles. The molecule has 1 saturated heterocycles. The highest BCUT2D eigenvalue weighted by atomic mass is 16.5. The van der Waals surface area contributed by atoms with Gasteiger partial charge >= 0.3 is 0 Å². The molecule has 1 aromatic carbocycles. The lowest BCUT2D eigenvalue weighted by atomic mass is 9.92. The minimum Gasteiger partial charge on any atom is -0.493 e. The van der Waals surface area contributed by atoms with Gasteiger partial charge in [-0.2, -0.15) is 0 Å². The highest BCUT2D eigenvalue weighted by Gasteiger charge is 2.41. The van der Waals surface area contributed by atoms with Gasteiger partial charge in [-0.1, -0.05) is 0 Å². The quantitative estimate of drug-likeness (QED) is 0.864. The van der Waals surface area contributed by atoms with E-state index in [1.807, 2.05) is 12.1 Å². The van der Waals surface area contributed by atoms with Crippen LogP contribution in [0.4, 0.5) is 5.82 Å². The van der Waals surface area contributed by atoms with Crippen molar-refractivity contribution in [1.82, 2.24) is 9.97 Å². The lowest BCUT2D eigenvalue weighted by molar-refractivity contribution is 0.0987. The van der Waals surface area contributed by atoms with E-state index in [-0.39, 0.29) is 11.6 Å². The van der Waals surface area contributed by atoms with Crippen LogP contribution in [0.3, 0.4) is 0 Å². The molecule has 1 aliphatic rings. The molecular formula is C17H23N3O3. The van der Waals surface area contributed by atoms with Gasteiger partial charge in [0.25, 0.3) is 0 Å². The Morgan fingerprint density at radius 2 is 2.04 bits per heavy atom. The fourth-order valence-electron chi connectivity index (χ4n) is 3.20. The maximum Gasteiger partial charge on any atom is 0.187 e. The fraction of sp³-hybridized carbons (Fsp3) is 0.529. The molecule has 6 nitrogen and oxygen atoms in total. The van der Waals surface area contributed by atoms with Crippen LogP contribution in [0.25, 0.3) is 10.9 Å². The van der Waals surface area contributed by atoms with Gasteiger partial charge in [0.1, 0.15) is 17.7 Å². The average Bonchev–Trinajstić information content (AvgIpc) is 2.92. The van der Waals surface area contributed by atoms with Crippen LogP contribution in [0.2, 0.25) is 0 Å². The molecule has 6 heteroatoms. The van der Waals surface area contributed by atoms with Crippen LogP contribution in [0.1, 0.15) is 20.3 Å².